The van der Waals surface area contributed by atoms with Gasteiger partial charge in [0.2, 0.25) is 17.7 Å². The molecule has 1 aliphatic rings. The van der Waals surface area contributed by atoms with Crippen LogP contribution < -0.4 is 21.3 Å². The summed E-state index contributed by atoms with van der Waals surface area (Å²) < 4.78 is 0. The molecule has 43 heavy (non-hydrogen) atoms. The summed E-state index contributed by atoms with van der Waals surface area (Å²) >= 11 is 0. The van der Waals surface area contributed by atoms with Crippen molar-refractivity contribution in [2.24, 2.45) is 11.3 Å². The molecule has 8 heteroatoms. The minimum Gasteiger partial charge on any atom is -0.353 e. The van der Waals surface area contributed by atoms with Crippen molar-refractivity contribution in [3.63, 3.8) is 0 Å². The van der Waals surface area contributed by atoms with E-state index in [0.717, 1.165) is 58.2 Å². The largest absolute Gasteiger partial charge is 0.353 e. The van der Waals surface area contributed by atoms with Gasteiger partial charge in [-0.25, -0.2) is 0 Å². The summed E-state index contributed by atoms with van der Waals surface area (Å²) in [6, 6.07) is -0.777. The molecule has 1 aliphatic heterocycles. The SMILES string of the molecule is CCCCCCCCC=CCCCCCCCC(=O)N[C@@H](CNC(=O)CC(C)(C)C)C(=O)NCN1CCC(CNC)CC1. The summed E-state index contributed by atoms with van der Waals surface area (Å²) in [5.41, 5.74) is -0.145. The highest BCUT2D eigenvalue weighted by Crippen LogP contribution is 2.18. The van der Waals surface area contributed by atoms with Crippen molar-refractivity contribution >= 4 is 17.7 Å². The lowest BCUT2D eigenvalue weighted by Crippen LogP contribution is -2.54. The first-order valence-electron chi connectivity index (χ1n) is 17.5. The fourth-order valence-electron chi connectivity index (χ4n) is 5.54. The zero-order valence-corrected chi connectivity index (χ0v) is 28.5. The fraction of sp³-hybridized carbons (Fsp3) is 0.857. The van der Waals surface area contributed by atoms with Gasteiger partial charge >= 0.3 is 0 Å². The van der Waals surface area contributed by atoms with Crippen molar-refractivity contribution in [1.29, 1.82) is 0 Å². The van der Waals surface area contributed by atoms with Crippen LogP contribution in [0.2, 0.25) is 0 Å². The van der Waals surface area contributed by atoms with Gasteiger partial charge < -0.3 is 21.3 Å². The number of piperidine rings is 1. The van der Waals surface area contributed by atoms with Crippen molar-refractivity contribution in [1.82, 2.24) is 26.2 Å². The Balaban J connectivity index is 2.32. The molecular formula is C35H67N5O3. The topological polar surface area (TPSA) is 103 Å². The summed E-state index contributed by atoms with van der Waals surface area (Å²) in [6.07, 6.45) is 23.4. The van der Waals surface area contributed by atoms with Crippen LogP contribution in [0, 0.1) is 11.3 Å². The van der Waals surface area contributed by atoms with Gasteiger partial charge in [0, 0.05) is 32.5 Å². The van der Waals surface area contributed by atoms with E-state index < -0.39 is 6.04 Å². The van der Waals surface area contributed by atoms with E-state index in [0.29, 0.717) is 25.4 Å². The van der Waals surface area contributed by atoms with Gasteiger partial charge in [-0.2, -0.15) is 0 Å². The van der Waals surface area contributed by atoms with E-state index in [4.69, 9.17) is 0 Å². The van der Waals surface area contributed by atoms with Gasteiger partial charge in [-0.05, 0) is 69.9 Å². The van der Waals surface area contributed by atoms with E-state index in [1.165, 1.54) is 57.8 Å². The Morgan fingerprint density at radius 2 is 1.40 bits per heavy atom. The third-order valence-electron chi connectivity index (χ3n) is 8.19. The predicted octanol–water partition coefficient (Wildman–Crippen LogP) is 6.07. The number of carbonyl (C=O) groups is 3. The summed E-state index contributed by atoms with van der Waals surface area (Å²) in [4.78, 5) is 40.5. The quantitative estimate of drug-likeness (QED) is 0.0791. The van der Waals surface area contributed by atoms with Crippen LogP contribution >= 0.6 is 0 Å². The minimum atomic E-state index is -0.777. The molecule has 0 radical (unpaired) electrons. The molecule has 0 aromatic rings. The third-order valence-corrected chi connectivity index (χ3v) is 8.19. The molecule has 250 valence electrons. The highest BCUT2D eigenvalue weighted by molar-refractivity contribution is 5.88. The first kappa shape index (κ1) is 39.1. The van der Waals surface area contributed by atoms with Gasteiger partial charge in [0.1, 0.15) is 6.04 Å². The standard InChI is InChI=1S/C35H67N5O3/c1-6-7-8-9-10-11-12-13-14-15-16-17-18-19-20-21-32(41)39-31(28-37-33(42)26-35(2,3)4)34(43)38-29-40-24-22-30(23-25-40)27-36-5/h13-14,30-31,36H,6-12,15-29H2,1-5H3,(H,37,42)(H,38,43)(H,39,41)/t31-/m0/s1. The molecule has 1 rings (SSSR count). The molecule has 0 aromatic heterocycles. The Labute approximate surface area is 264 Å². The maximum absolute atomic E-state index is 13.1. The molecule has 0 spiro atoms. The number of nitrogens with one attached hydrogen (secondary N) is 4. The summed E-state index contributed by atoms with van der Waals surface area (Å²) in [5.74, 6) is 0.198. The van der Waals surface area contributed by atoms with Crippen LogP contribution in [0.1, 0.15) is 137 Å². The first-order valence-corrected chi connectivity index (χ1v) is 17.5. The molecule has 1 atom stereocenters. The van der Waals surface area contributed by atoms with Crippen LogP contribution in [0.5, 0.6) is 0 Å². The monoisotopic (exact) mass is 606 g/mol. The number of rotatable bonds is 24. The van der Waals surface area contributed by atoms with Crippen molar-refractivity contribution in [2.45, 2.75) is 143 Å². The zero-order valence-electron chi connectivity index (χ0n) is 28.5. The van der Waals surface area contributed by atoms with Gasteiger partial charge in [-0.1, -0.05) is 91.2 Å². The van der Waals surface area contributed by atoms with Gasteiger partial charge in [0.15, 0.2) is 0 Å². The van der Waals surface area contributed by atoms with Gasteiger partial charge in [-0.3, -0.25) is 19.3 Å². The number of hydrogen-bond acceptors (Lipinski definition) is 5. The molecule has 0 bridgehead atoms. The average molecular weight is 606 g/mol. The lowest BCUT2D eigenvalue weighted by atomic mass is 9.92. The molecule has 1 heterocycles. The zero-order chi connectivity index (χ0) is 31.8. The summed E-state index contributed by atoms with van der Waals surface area (Å²) in [7, 11) is 1.99. The third kappa shape index (κ3) is 22.3. The molecule has 0 unspecified atom stereocenters. The molecule has 4 N–H and O–H groups in total. The van der Waals surface area contributed by atoms with E-state index >= 15 is 0 Å². The Kier molecular flexibility index (Phi) is 22.2. The number of likely N-dealkylation sites (tertiary alicyclic amines) is 1. The van der Waals surface area contributed by atoms with E-state index in [1.54, 1.807) is 0 Å². The number of carbonyl (C=O) groups excluding carboxylic acids is 3. The molecule has 0 saturated carbocycles. The highest BCUT2D eigenvalue weighted by atomic mass is 16.2. The maximum Gasteiger partial charge on any atom is 0.245 e. The van der Waals surface area contributed by atoms with E-state index in [-0.39, 0.29) is 29.7 Å². The Morgan fingerprint density at radius 3 is 1.98 bits per heavy atom. The first-order chi connectivity index (χ1) is 20.6. The number of unbranched alkanes of at least 4 members (excludes halogenated alkanes) is 11. The Morgan fingerprint density at radius 1 is 0.814 bits per heavy atom. The van der Waals surface area contributed by atoms with E-state index in [2.05, 4.69) is 45.2 Å². The average Bonchev–Trinajstić information content (AvgIpc) is 2.96. The smallest absolute Gasteiger partial charge is 0.245 e. The number of allylic oxidation sites excluding steroid dienone is 2. The number of hydrogen-bond donors (Lipinski definition) is 4. The minimum absolute atomic E-state index is 0.100. The molecule has 0 aromatic carbocycles. The van der Waals surface area contributed by atoms with Crippen molar-refractivity contribution in [3.05, 3.63) is 12.2 Å². The lowest BCUT2D eigenvalue weighted by Gasteiger charge is -2.32. The van der Waals surface area contributed by atoms with Gasteiger partial charge in [-0.15, -0.1) is 0 Å². The molecule has 8 nitrogen and oxygen atoms in total. The number of amides is 3. The second kappa shape index (κ2) is 24.4. The summed E-state index contributed by atoms with van der Waals surface area (Å²) in [6.45, 7) is 11.8. The number of nitrogens with zero attached hydrogens (tertiary/aromatic N) is 1. The van der Waals surface area contributed by atoms with Gasteiger partial charge in [0.05, 0.1) is 6.67 Å². The van der Waals surface area contributed by atoms with Crippen molar-refractivity contribution < 1.29 is 14.4 Å². The Hall–Kier alpha value is -1.93. The van der Waals surface area contributed by atoms with Crippen LogP contribution in [0.15, 0.2) is 12.2 Å². The van der Waals surface area contributed by atoms with Crippen LogP contribution in [0.25, 0.3) is 0 Å². The van der Waals surface area contributed by atoms with Crippen LogP contribution in [-0.4, -0.2) is 68.6 Å². The molecule has 1 fully saturated rings. The summed E-state index contributed by atoms with van der Waals surface area (Å²) in [5, 5.41) is 12.0. The maximum atomic E-state index is 13.1. The second-order valence-electron chi connectivity index (χ2n) is 13.8. The van der Waals surface area contributed by atoms with Crippen LogP contribution in [0.4, 0.5) is 0 Å². The van der Waals surface area contributed by atoms with Gasteiger partial charge in [0.25, 0.3) is 0 Å². The van der Waals surface area contributed by atoms with Crippen LogP contribution in [-0.2, 0) is 14.4 Å². The lowest BCUT2D eigenvalue weighted by molar-refractivity contribution is -0.130. The van der Waals surface area contributed by atoms with Crippen molar-refractivity contribution in [2.75, 3.05) is 39.9 Å². The molecular weight excluding hydrogens is 538 g/mol. The van der Waals surface area contributed by atoms with E-state index in [9.17, 15) is 14.4 Å². The Bertz CT molecular complexity index is 772. The second-order valence-corrected chi connectivity index (χ2v) is 13.8. The highest BCUT2D eigenvalue weighted by Gasteiger charge is 2.24. The predicted molar refractivity (Wildman–Crippen MR) is 180 cm³/mol. The van der Waals surface area contributed by atoms with E-state index in [1.807, 2.05) is 27.8 Å². The van der Waals surface area contributed by atoms with Crippen LogP contribution in [0.3, 0.4) is 0 Å². The normalized spacial score (nSPS) is 15.5. The van der Waals surface area contributed by atoms with Crippen molar-refractivity contribution in [3.8, 4) is 0 Å². The fourth-order valence-corrected chi connectivity index (χ4v) is 5.54. The molecule has 1 saturated heterocycles. The molecule has 0 aliphatic carbocycles. The molecule has 3 amide bonds.